The zero-order valence-electron chi connectivity index (χ0n) is 14.6. The van der Waals surface area contributed by atoms with Gasteiger partial charge in [0.05, 0.1) is 19.3 Å². The summed E-state index contributed by atoms with van der Waals surface area (Å²) < 4.78 is 5.21. The van der Waals surface area contributed by atoms with Crippen molar-refractivity contribution in [3.63, 3.8) is 0 Å². The van der Waals surface area contributed by atoms with Gasteiger partial charge < -0.3 is 20.1 Å². The summed E-state index contributed by atoms with van der Waals surface area (Å²) in [5, 5.41) is 13.1. The molecular weight excluding hydrogens is 304 g/mol. The molecule has 1 aromatic rings. The standard InChI is InChI=1S/C19H28N2O3/c1-21(12-15-4-3-5-17(15)22)19(23)20-18(13-6-7-13)14-8-10-16(24-2)11-9-14/h8-11,13,15,17-18,22H,3-7,12H2,1-2H3,(H,20,23). The Kier molecular flexibility index (Phi) is 5.29. The number of carbonyl (C=O) groups excluding carboxylic acids is 1. The Morgan fingerprint density at radius 1 is 1.29 bits per heavy atom. The van der Waals surface area contributed by atoms with Crippen LogP contribution in [0.2, 0.25) is 0 Å². The maximum atomic E-state index is 12.6. The number of benzene rings is 1. The molecule has 3 unspecified atom stereocenters. The van der Waals surface area contributed by atoms with Crippen LogP contribution in [0, 0.1) is 11.8 Å². The monoisotopic (exact) mass is 332 g/mol. The van der Waals surface area contributed by atoms with Gasteiger partial charge >= 0.3 is 6.03 Å². The zero-order chi connectivity index (χ0) is 17.1. The molecule has 0 saturated heterocycles. The zero-order valence-corrected chi connectivity index (χ0v) is 14.6. The van der Waals surface area contributed by atoms with Crippen LogP contribution < -0.4 is 10.1 Å². The lowest BCUT2D eigenvalue weighted by molar-refractivity contribution is 0.113. The van der Waals surface area contributed by atoms with E-state index >= 15 is 0 Å². The van der Waals surface area contributed by atoms with E-state index in [2.05, 4.69) is 5.32 Å². The van der Waals surface area contributed by atoms with Crippen molar-refractivity contribution in [2.24, 2.45) is 11.8 Å². The first-order valence-electron chi connectivity index (χ1n) is 8.92. The van der Waals surface area contributed by atoms with Crippen molar-refractivity contribution in [3.8, 4) is 5.75 Å². The molecule has 0 radical (unpaired) electrons. The van der Waals surface area contributed by atoms with Gasteiger partial charge in [-0.15, -0.1) is 0 Å². The molecule has 2 saturated carbocycles. The van der Waals surface area contributed by atoms with Crippen LogP contribution in [0.3, 0.4) is 0 Å². The molecule has 5 nitrogen and oxygen atoms in total. The highest BCUT2D eigenvalue weighted by Crippen LogP contribution is 2.41. The number of amides is 2. The number of nitrogens with zero attached hydrogens (tertiary/aromatic N) is 1. The molecule has 0 aromatic heterocycles. The van der Waals surface area contributed by atoms with Crippen LogP contribution in [0.25, 0.3) is 0 Å². The van der Waals surface area contributed by atoms with Crippen molar-refractivity contribution in [1.82, 2.24) is 10.2 Å². The lowest BCUT2D eigenvalue weighted by Gasteiger charge is -2.27. The fourth-order valence-electron chi connectivity index (χ4n) is 3.62. The fourth-order valence-corrected chi connectivity index (χ4v) is 3.62. The Balaban J connectivity index is 1.61. The summed E-state index contributed by atoms with van der Waals surface area (Å²) in [5.41, 5.74) is 1.13. The van der Waals surface area contributed by atoms with Gasteiger partial charge in [0.15, 0.2) is 0 Å². The molecular formula is C19H28N2O3. The van der Waals surface area contributed by atoms with E-state index in [1.165, 1.54) is 0 Å². The molecule has 0 heterocycles. The minimum Gasteiger partial charge on any atom is -0.497 e. The third-order valence-electron chi connectivity index (χ3n) is 5.32. The van der Waals surface area contributed by atoms with Crippen molar-refractivity contribution in [3.05, 3.63) is 29.8 Å². The second-order valence-corrected chi connectivity index (χ2v) is 7.18. The van der Waals surface area contributed by atoms with Crippen LogP contribution in [0.4, 0.5) is 4.79 Å². The number of hydrogen-bond acceptors (Lipinski definition) is 3. The molecule has 1 aromatic carbocycles. The molecule has 24 heavy (non-hydrogen) atoms. The summed E-state index contributed by atoms with van der Waals surface area (Å²) in [5.74, 6) is 1.56. The van der Waals surface area contributed by atoms with Crippen molar-refractivity contribution >= 4 is 6.03 Å². The molecule has 3 atom stereocenters. The number of methoxy groups -OCH3 is 1. The molecule has 0 spiro atoms. The van der Waals surface area contributed by atoms with Crippen LogP contribution in [-0.4, -0.2) is 42.8 Å². The van der Waals surface area contributed by atoms with E-state index in [0.29, 0.717) is 12.5 Å². The molecule has 5 heteroatoms. The van der Waals surface area contributed by atoms with Crippen molar-refractivity contribution in [2.75, 3.05) is 20.7 Å². The average molecular weight is 332 g/mol. The number of ether oxygens (including phenoxy) is 1. The van der Waals surface area contributed by atoms with E-state index in [1.807, 2.05) is 31.3 Å². The van der Waals surface area contributed by atoms with Gasteiger partial charge in [0.25, 0.3) is 0 Å². The lowest BCUT2D eigenvalue weighted by atomic mass is 10.0. The Labute approximate surface area is 144 Å². The van der Waals surface area contributed by atoms with Gasteiger partial charge in [-0.2, -0.15) is 0 Å². The fraction of sp³-hybridized carbons (Fsp3) is 0.632. The summed E-state index contributed by atoms with van der Waals surface area (Å²) in [6, 6.07) is 7.94. The summed E-state index contributed by atoms with van der Waals surface area (Å²) >= 11 is 0. The summed E-state index contributed by atoms with van der Waals surface area (Å²) in [6.45, 7) is 0.618. The van der Waals surface area contributed by atoms with Gasteiger partial charge in [0.1, 0.15) is 5.75 Å². The molecule has 0 aliphatic heterocycles. The quantitative estimate of drug-likeness (QED) is 0.842. The maximum absolute atomic E-state index is 12.6. The third kappa shape index (κ3) is 4.01. The molecule has 2 N–H and O–H groups in total. The highest BCUT2D eigenvalue weighted by molar-refractivity contribution is 5.74. The van der Waals surface area contributed by atoms with Gasteiger partial charge in [-0.05, 0) is 49.3 Å². The van der Waals surface area contributed by atoms with Gasteiger partial charge in [0, 0.05) is 19.5 Å². The van der Waals surface area contributed by atoms with E-state index < -0.39 is 0 Å². The van der Waals surface area contributed by atoms with Crippen LogP contribution in [0.1, 0.15) is 43.7 Å². The van der Waals surface area contributed by atoms with Crippen molar-refractivity contribution < 1.29 is 14.6 Å². The number of urea groups is 1. The highest BCUT2D eigenvalue weighted by Gasteiger charge is 2.34. The molecule has 0 bridgehead atoms. The minimum atomic E-state index is -0.263. The van der Waals surface area contributed by atoms with E-state index in [0.717, 1.165) is 43.4 Å². The normalized spacial score (nSPS) is 24.5. The Morgan fingerprint density at radius 2 is 2.00 bits per heavy atom. The van der Waals surface area contributed by atoms with Crippen molar-refractivity contribution in [1.29, 1.82) is 0 Å². The van der Waals surface area contributed by atoms with Crippen molar-refractivity contribution in [2.45, 2.75) is 44.2 Å². The predicted octanol–water partition coefficient (Wildman–Crippen LogP) is 2.95. The Morgan fingerprint density at radius 3 is 2.54 bits per heavy atom. The SMILES string of the molecule is COc1ccc(C(NC(=O)N(C)CC2CCCC2O)C2CC2)cc1. The maximum Gasteiger partial charge on any atom is 0.317 e. The average Bonchev–Trinajstić information content (AvgIpc) is 3.36. The van der Waals surface area contributed by atoms with E-state index in [-0.39, 0.29) is 24.1 Å². The first kappa shape index (κ1) is 17.1. The summed E-state index contributed by atoms with van der Waals surface area (Å²) in [7, 11) is 3.47. The first-order chi connectivity index (χ1) is 11.6. The third-order valence-corrected chi connectivity index (χ3v) is 5.32. The molecule has 132 valence electrons. The predicted molar refractivity (Wildman–Crippen MR) is 93.0 cm³/mol. The van der Waals surface area contributed by atoms with E-state index in [1.54, 1.807) is 12.0 Å². The molecule has 2 aliphatic carbocycles. The Bertz CT molecular complexity index is 556. The van der Waals surface area contributed by atoms with Gasteiger partial charge in [0.2, 0.25) is 0 Å². The number of aliphatic hydroxyl groups excluding tert-OH is 1. The van der Waals surface area contributed by atoms with E-state index in [4.69, 9.17) is 4.74 Å². The first-order valence-corrected chi connectivity index (χ1v) is 8.92. The second-order valence-electron chi connectivity index (χ2n) is 7.18. The molecule has 2 aliphatic rings. The second kappa shape index (κ2) is 7.43. The Hall–Kier alpha value is -1.75. The van der Waals surface area contributed by atoms with Gasteiger partial charge in [-0.25, -0.2) is 4.79 Å². The molecule has 2 amide bonds. The largest absolute Gasteiger partial charge is 0.497 e. The van der Waals surface area contributed by atoms with Gasteiger partial charge in [-0.3, -0.25) is 0 Å². The van der Waals surface area contributed by atoms with Crippen LogP contribution in [0.5, 0.6) is 5.75 Å². The van der Waals surface area contributed by atoms with Crippen LogP contribution in [-0.2, 0) is 0 Å². The lowest BCUT2D eigenvalue weighted by Crippen LogP contribution is -2.43. The van der Waals surface area contributed by atoms with Gasteiger partial charge in [-0.1, -0.05) is 18.6 Å². The number of nitrogens with one attached hydrogen (secondary N) is 1. The highest BCUT2D eigenvalue weighted by atomic mass is 16.5. The summed E-state index contributed by atoms with van der Waals surface area (Å²) in [6.07, 6.45) is 4.96. The smallest absolute Gasteiger partial charge is 0.317 e. The summed E-state index contributed by atoms with van der Waals surface area (Å²) in [4.78, 5) is 14.3. The molecule has 2 fully saturated rings. The molecule has 3 rings (SSSR count). The number of hydrogen-bond donors (Lipinski definition) is 2. The number of carbonyl (C=O) groups is 1. The van der Waals surface area contributed by atoms with Crippen LogP contribution in [0.15, 0.2) is 24.3 Å². The minimum absolute atomic E-state index is 0.0539. The topological polar surface area (TPSA) is 61.8 Å². The van der Waals surface area contributed by atoms with E-state index in [9.17, 15) is 9.90 Å². The van der Waals surface area contributed by atoms with Crippen LogP contribution >= 0.6 is 0 Å². The number of aliphatic hydroxyl groups is 1. The number of rotatable bonds is 6.